The third kappa shape index (κ3) is 36.8. The van der Waals surface area contributed by atoms with Gasteiger partial charge < -0.3 is 4.74 Å². The first kappa shape index (κ1) is 29.9. The average Bonchev–Trinajstić information content (AvgIpc) is 2.57. The largest absolute Gasteiger partial charge is 0.380 e. The summed E-state index contributed by atoms with van der Waals surface area (Å²) in [6, 6.07) is 10.1. The van der Waals surface area contributed by atoms with Crippen LogP contribution >= 0.6 is 0 Å². The second kappa shape index (κ2) is 32.8. The molecular weight excluding hydrogens is 375 g/mol. The van der Waals surface area contributed by atoms with Gasteiger partial charge in [0, 0.05) is 31.0 Å². The maximum Gasteiger partial charge on any atom is 0.0713 e. The number of rotatable bonds is 5. The van der Waals surface area contributed by atoms with Gasteiger partial charge in [-0.1, -0.05) is 110 Å². The van der Waals surface area contributed by atoms with Crippen LogP contribution in [0.25, 0.3) is 0 Å². The molecule has 0 atom stereocenters. The van der Waals surface area contributed by atoms with Crippen LogP contribution in [0, 0.1) is 0 Å². The maximum atomic E-state index is 4.93. The molecule has 4 radical (unpaired) electrons. The van der Waals surface area contributed by atoms with Crippen LogP contribution in [0.3, 0.4) is 0 Å². The zero-order valence-electron chi connectivity index (χ0n) is 16.2. The molecule has 0 aliphatic heterocycles. The van der Waals surface area contributed by atoms with E-state index in [-0.39, 0.29) is 23.9 Å². The Bertz CT molecular complexity index is 221. The summed E-state index contributed by atoms with van der Waals surface area (Å²) < 4.78 is 4.93. The van der Waals surface area contributed by atoms with Crippen LogP contribution in [0.15, 0.2) is 30.3 Å². The summed E-state index contributed by atoms with van der Waals surface area (Å²) in [4.78, 5) is 0. The number of hydrogen-bond acceptors (Lipinski definition) is 1. The van der Waals surface area contributed by atoms with Gasteiger partial charge in [0.05, 0.1) is 6.61 Å². The molecule has 1 aromatic carbocycles. The van der Waals surface area contributed by atoms with Gasteiger partial charge in [0.1, 0.15) is 0 Å². The molecule has 0 aliphatic rings. The van der Waals surface area contributed by atoms with E-state index in [0.717, 1.165) is 0 Å². The summed E-state index contributed by atoms with van der Waals surface area (Å²) in [5, 5.41) is 0. The Labute approximate surface area is 158 Å². The van der Waals surface area contributed by atoms with Gasteiger partial charge in [0.15, 0.2) is 0 Å². The van der Waals surface area contributed by atoms with E-state index in [2.05, 4.69) is 41.5 Å². The first-order valence-corrected chi connectivity index (χ1v) is 8.70. The van der Waals surface area contributed by atoms with Gasteiger partial charge in [-0.05, 0) is 5.56 Å². The van der Waals surface area contributed by atoms with E-state index in [1.807, 2.05) is 30.3 Å². The van der Waals surface area contributed by atoms with Crippen LogP contribution in [0.5, 0.6) is 0 Å². The van der Waals surface area contributed by atoms with Crippen molar-refractivity contribution in [1.82, 2.24) is 0 Å². The van der Waals surface area contributed by atoms with Crippen molar-refractivity contribution in [2.75, 3.05) is 7.11 Å². The SMILES string of the molecule is CCCC.CCCC.CCCC.COCc1ccccc1.[Sn]. The molecule has 130 valence electrons. The van der Waals surface area contributed by atoms with E-state index < -0.39 is 0 Å². The molecule has 0 aromatic heterocycles. The van der Waals surface area contributed by atoms with Crippen molar-refractivity contribution in [2.45, 2.75) is 86.7 Å². The second-order valence-electron chi connectivity index (χ2n) is 4.92. The predicted molar refractivity (Wildman–Crippen MR) is 105 cm³/mol. The molecule has 1 rings (SSSR count). The molecule has 1 nitrogen and oxygen atoms in total. The summed E-state index contributed by atoms with van der Waals surface area (Å²) in [5.41, 5.74) is 1.22. The fourth-order valence-corrected chi connectivity index (χ4v) is 0.741. The molecule has 0 amide bonds. The molecule has 0 unspecified atom stereocenters. The van der Waals surface area contributed by atoms with E-state index in [9.17, 15) is 0 Å². The standard InChI is InChI=1S/C8H10O.3C4H10.Sn/c1-9-7-8-5-3-2-4-6-8;3*1-3-4-2;/h2-6H,7H2,1H3;3*3-4H2,1-2H3;. The molecular formula is C20H40OSn. The van der Waals surface area contributed by atoms with Crippen molar-refractivity contribution in [3.63, 3.8) is 0 Å². The Morgan fingerprint density at radius 1 is 0.636 bits per heavy atom. The summed E-state index contributed by atoms with van der Waals surface area (Å²) in [5.74, 6) is 0. The number of ether oxygens (including phenoxy) is 1. The smallest absolute Gasteiger partial charge is 0.0713 e. The summed E-state index contributed by atoms with van der Waals surface area (Å²) in [6.07, 6.45) is 7.92. The molecule has 22 heavy (non-hydrogen) atoms. The summed E-state index contributed by atoms with van der Waals surface area (Å²) in [6.45, 7) is 13.8. The number of benzene rings is 1. The third-order valence-corrected chi connectivity index (χ3v) is 2.65. The van der Waals surface area contributed by atoms with Gasteiger partial charge in [-0.15, -0.1) is 0 Å². The molecule has 0 spiro atoms. The van der Waals surface area contributed by atoms with E-state index >= 15 is 0 Å². The summed E-state index contributed by atoms with van der Waals surface area (Å²) >= 11 is 0. The van der Waals surface area contributed by atoms with Gasteiger partial charge >= 0.3 is 0 Å². The van der Waals surface area contributed by atoms with Gasteiger partial charge in [0.2, 0.25) is 0 Å². The molecule has 0 bridgehead atoms. The van der Waals surface area contributed by atoms with Crippen LogP contribution in [0.1, 0.15) is 85.6 Å². The average molecular weight is 415 g/mol. The van der Waals surface area contributed by atoms with Crippen molar-refractivity contribution in [3.05, 3.63) is 35.9 Å². The molecule has 0 aliphatic carbocycles. The fourth-order valence-electron chi connectivity index (χ4n) is 0.741. The van der Waals surface area contributed by atoms with Crippen molar-refractivity contribution in [2.24, 2.45) is 0 Å². The van der Waals surface area contributed by atoms with E-state index in [1.165, 1.54) is 44.1 Å². The van der Waals surface area contributed by atoms with Gasteiger partial charge in [-0.25, -0.2) is 0 Å². The predicted octanol–water partition coefficient (Wildman–Crippen LogP) is 6.87. The van der Waals surface area contributed by atoms with Crippen LogP contribution < -0.4 is 0 Å². The quantitative estimate of drug-likeness (QED) is 0.477. The van der Waals surface area contributed by atoms with Crippen molar-refractivity contribution >= 4 is 23.9 Å². The van der Waals surface area contributed by atoms with Gasteiger partial charge in [0.25, 0.3) is 0 Å². The molecule has 0 N–H and O–H groups in total. The molecule has 1 aromatic rings. The monoisotopic (exact) mass is 416 g/mol. The molecule has 2 heteroatoms. The third-order valence-electron chi connectivity index (χ3n) is 2.65. The Kier molecular flexibility index (Phi) is 44.6. The Morgan fingerprint density at radius 2 is 0.955 bits per heavy atom. The first-order valence-electron chi connectivity index (χ1n) is 8.70. The van der Waals surface area contributed by atoms with Crippen LogP contribution in [0.2, 0.25) is 0 Å². The second-order valence-corrected chi connectivity index (χ2v) is 4.92. The minimum atomic E-state index is 0. The van der Waals surface area contributed by atoms with Gasteiger partial charge in [-0.3, -0.25) is 0 Å². The minimum Gasteiger partial charge on any atom is -0.380 e. The van der Waals surface area contributed by atoms with Crippen LogP contribution in [-0.4, -0.2) is 31.0 Å². The Morgan fingerprint density at radius 3 is 1.18 bits per heavy atom. The van der Waals surface area contributed by atoms with E-state index in [1.54, 1.807) is 7.11 Å². The number of hydrogen-bond donors (Lipinski definition) is 0. The van der Waals surface area contributed by atoms with E-state index in [0.29, 0.717) is 6.61 Å². The fraction of sp³-hybridized carbons (Fsp3) is 0.700. The van der Waals surface area contributed by atoms with E-state index in [4.69, 9.17) is 4.74 Å². The first-order chi connectivity index (χ1) is 10.2. The Hall–Kier alpha value is -0.0213. The van der Waals surface area contributed by atoms with Crippen molar-refractivity contribution in [3.8, 4) is 0 Å². The Balaban J connectivity index is -0.000000107. The van der Waals surface area contributed by atoms with Gasteiger partial charge in [-0.2, -0.15) is 0 Å². The zero-order chi connectivity index (χ0) is 16.8. The number of methoxy groups -OCH3 is 1. The topological polar surface area (TPSA) is 9.23 Å². The van der Waals surface area contributed by atoms with Crippen molar-refractivity contribution in [1.29, 1.82) is 0 Å². The zero-order valence-corrected chi connectivity index (χ0v) is 19.1. The number of unbranched alkanes of at least 4 members (excludes halogenated alkanes) is 3. The maximum absolute atomic E-state index is 4.93. The minimum absolute atomic E-state index is 0. The van der Waals surface area contributed by atoms with Crippen LogP contribution in [-0.2, 0) is 11.3 Å². The molecule has 0 fully saturated rings. The van der Waals surface area contributed by atoms with Crippen molar-refractivity contribution < 1.29 is 4.74 Å². The molecule has 0 saturated heterocycles. The molecule has 0 saturated carbocycles. The molecule has 0 heterocycles. The summed E-state index contributed by atoms with van der Waals surface area (Å²) in [7, 11) is 1.70. The van der Waals surface area contributed by atoms with Crippen LogP contribution in [0.4, 0.5) is 0 Å². The normalized spacial score (nSPS) is 7.95.